The summed E-state index contributed by atoms with van der Waals surface area (Å²) < 4.78 is 0. The van der Waals surface area contributed by atoms with Gasteiger partial charge in [-0.1, -0.05) is 37.3 Å². The Morgan fingerprint density at radius 1 is 1.33 bits per heavy atom. The van der Waals surface area contributed by atoms with Gasteiger partial charge in [0.05, 0.1) is 0 Å². The van der Waals surface area contributed by atoms with E-state index in [-0.39, 0.29) is 5.91 Å². The van der Waals surface area contributed by atoms with Gasteiger partial charge >= 0.3 is 0 Å². The summed E-state index contributed by atoms with van der Waals surface area (Å²) in [6.45, 7) is 4.71. The van der Waals surface area contributed by atoms with Crippen molar-refractivity contribution in [1.82, 2.24) is 5.32 Å². The van der Waals surface area contributed by atoms with Crippen LogP contribution in [-0.4, -0.2) is 12.5 Å². The van der Waals surface area contributed by atoms with E-state index < -0.39 is 0 Å². The fraction of sp³-hybridized carbons (Fsp3) is 0.308. The highest BCUT2D eigenvalue weighted by Crippen LogP contribution is 2.11. The Balaban J connectivity index is 2.64. The van der Waals surface area contributed by atoms with Crippen LogP contribution in [0.5, 0.6) is 0 Å². The second-order valence-corrected chi connectivity index (χ2v) is 3.48. The highest BCUT2D eigenvalue weighted by molar-refractivity contribution is 5.94. The van der Waals surface area contributed by atoms with Gasteiger partial charge in [0.25, 0.3) is 0 Å². The quantitative estimate of drug-likeness (QED) is 0.749. The van der Waals surface area contributed by atoms with E-state index in [1.807, 2.05) is 44.2 Å². The molecule has 1 aromatic rings. The largest absolute Gasteiger partial charge is 0.353 e. The van der Waals surface area contributed by atoms with Gasteiger partial charge in [0.15, 0.2) is 0 Å². The molecule has 1 N–H and O–H groups in total. The molecular weight excluding hydrogens is 186 g/mol. The highest BCUT2D eigenvalue weighted by Gasteiger charge is 1.98. The zero-order chi connectivity index (χ0) is 11.1. The number of benzene rings is 1. The van der Waals surface area contributed by atoms with Crippen LogP contribution in [0.15, 0.2) is 36.4 Å². The minimum absolute atomic E-state index is 0.0156. The zero-order valence-electron chi connectivity index (χ0n) is 9.29. The van der Waals surface area contributed by atoms with Crippen molar-refractivity contribution in [2.45, 2.75) is 20.3 Å². The van der Waals surface area contributed by atoms with Gasteiger partial charge in [0.2, 0.25) is 5.91 Å². The second-order valence-electron chi connectivity index (χ2n) is 3.48. The number of nitrogens with one attached hydrogen (secondary N) is 1. The fourth-order valence-electron chi connectivity index (χ4n) is 1.28. The van der Waals surface area contributed by atoms with Crippen molar-refractivity contribution in [3.05, 3.63) is 42.0 Å². The van der Waals surface area contributed by atoms with Crippen LogP contribution in [0, 0.1) is 0 Å². The van der Waals surface area contributed by atoms with Crippen molar-refractivity contribution < 1.29 is 4.79 Å². The van der Waals surface area contributed by atoms with Crippen molar-refractivity contribution in [1.29, 1.82) is 0 Å². The Morgan fingerprint density at radius 2 is 2.00 bits per heavy atom. The molecule has 2 heteroatoms. The van der Waals surface area contributed by atoms with E-state index in [9.17, 15) is 4.79 Å². The first-order valence-corrected chi connectivity index (χ1v) is 5.25. The Morgan fingerprint density at radius 3 is 2.60 bits per heavy atom. The molecule has 15 heavy (non-hydrogen) atoms. The summed E-state index contributed by atoms with van der Waals surface area (Å²) in [6.07, 6.45) is 2.61. The Kier molecular flexibility index (Phi) is 4.61. The van der Waals surface area contributed by atoms with Crippen LogP contribution < -0.4 is 5.32 Å². The number of rotatable bonds is 4. The van der Waals surface area contributed by atoms with Crippen molar-refractivity contribution in [2.24, 2.45) is 0 Å². The van der Waals surface area contributed by atoms with Crippen LogP contribution in [-0.2, 0) is 4.79 Å². The lowest BCUT2D eigenvalue weighted by Crippen LogP contribution is -2.21. The summed E-state index contributed by atoms with van der Waals surface area (Å²) in [7, 11) is 0. The van der Waals surface area contributed by atoms with Crippen molar-refractivity contribution in [2.75, 3.05) is 6.54 Å². The molecule has 1 amide bonds. The molecule has 0 fully saturated rings. The van der Waals surface area contributed by atoms with E-state index in [1.54, 1.807) is 6.08 Å². The molecule has 0 saturated carbocycles. The monoisotopic (exact) mass is 203 g/mol. The number of carbonyl (C=O) groups excluding carboxylic acids is 1. The molecule has 2 nitrogen and oxygen atoms in total. The lowest BCUT2D eigenvalue weighted by Gasteiger charge is -2.02. The number of amides is 1. The molecule has 1 aromatic carbocycles. The second kappa shape index (κ2) is 6.02. The molecule has 0 radical (unpaired) electrons. The van der Waals surface area contributed by atoms with Crippen LogP contribution in [0.4, 0.5) is 0 Å². The first-order chi connectivity index (χ1) is 7.24. The first-order valence-electron chi connectivity index (χ1n) is 5.25. The molecule has 1 rings (SSSR count). The van der Waals surface area contributed by atoms with Gasteiger partial charge in [0.1, 0.15) is 0 Å². The molecule has 80 valence electrons. The van der Waals surface area contributed by atoms with Crippen LogP contribution in [0.2, 0.25) is 0 Å². The maximum Gasteiger partial charge on any atom is 0.244 e. The normalized spacial score (nSPS) is 11.2. The first kappa shape index (κ1) is 11.5. The lowest BCUT2D eigenvalue weighted by atomic mass is 10.1. The minimum Gasteiger partial charge on any atom is -0.353 e. The molecule has 0 aliphatic carbocycles. The molecular formula is C13H17NO. The number of carbonyl (C=O) groups is 1. The number of allylic oxidation sites excluding steroid dienone is 1. The number of hydrogen-bond donors (Lipinski definition) is 1. The predicted octanol–water partition coefficient (Wildman–Crippen LogP) is 2.62. The lowest BCUT2D eigenvalue weighted by molar-refractivity contribution is -0.116. The average Bonchev–Trinajstić information content (AvgIpc) is 2.27. The Hall–Kier alpha value is -1.57. The van der Waals surface area contributed by atoms with Crippen LogP contribution in [0.1, 0.15) is 25.8 Å². The van der Waals surface area contributed by atoms with E-state index in [4.69, 9.17) is 0 Å². The van der Waals surface area contributed by atoms with Crippen molar-refractivity contribution in [3.63, 3.8) is 0 Å². The molecule has 0 aromatic heterocycles. The molecule has 0 bridgehead atoms. The van der Waals surface area contributed by atoms with Crippen LogP contribution in [0.3, 0.4) is 0 Å². The third-order valence-corrected chi connectivity index (χ3v) is 2.13. The fourth-order valence-corrected chi connectivity index (χ4v) is 1.28. The van der Waals surface area contributed by atoms with Crippen LogP contribution >= 0.6 is 0 Å². The van der Waals surface area contributed by atoms with Gasteiger partial charge in [-0.05, 0) is 24.5 Å². The van der Waals surface area contributed by atoms with Crippen LogP contribution in [0.25, 0.3) is 5.57 Å². The van der Waals surface area contributed by atoms with E-state index in [0.717, 1.165) is 24.1 Å². The van der Waals surface area contributed by atoms with Gasteiger partial charge in [-0.3, -0.25) is 4.79 Å². The molecule has 0 heterocycles. The molecule has 0 spiro atoms. The summed E-state index contributed by atoms with van der Waals surface area (Å²) >= 11 is 0. The van der Waals surface area contributed by atoms with Gasteiger partial charge in [-0.2, -0.15) is 0 Å². The van der Waals surface area contributed by atoms with Gasteiger partial charge in [-0.15, -0.1) is 0 Å². The molecule has 0 unspecified atom stereocenters. The Bertz CT molecular complexity index is 341. The summed E-state index contributed by atoms with van der Waals surface area (Å²) in [5, 5.41) is 2.82. The molecule has 0 atom stereocenters. The molecule has 0 aliphatic heterocycles. The maximum atomic E-state index is 11.4. The van der Waals surface area contributed by atoms with Gasteiger partial charge in [0, 0.05) is 12.6 Å². The standard InChI is InChI=1S/C13H17NO/c1-3-9-14-13(15)10-11(2)12-7-5-4-6-8-12/h4-8,10H,3,9H2,1-2H3,(H,14,15)/b11-10-. The smallest absolute Gasteiger partial charge is 0.244 e. The summed E-state index contributed by atoms with van der Waals surface area (Å²) in [5.41, 5.74) is 2.08. The zero-order valence-corrected chi connectivity index (χ0v) is 9.29. The predicted molar refractivity (Wildman–Crippen MR) is 63.4 cm³/mol. The topological polar surface area (TPSA) is 29.1 Å². The maximum absolute atomic E-state index is 11.4. The van der Waals surface area contributed by atoms with Gasteiger partial charge < -0.3 is 5.32 Å². The van der Waals surface area contributed by atoms with E-state index in [2.05, 4.69) is 5.32 Å². The third-order valence-electron chi connectivity index (χ3n) is 2.13. The van der Waals surface area contributed by atoms with Crippen molar-refractivity contribution >= 4 is 11.5 Å². The molecule has 0 saturated heterocycles. The van der Waals surface area contributed by atoms with E-state index >= 15 is 0 Å². The van der Waals surface area contributed by atoms with Crippen molar-refractivity contribution in [3.8, 4) is 0 Å². The minimum atomic E-state index is -0.0156. The summed E-state index contributed by atoms with van der Waals surface area (Å²) in [4.78, 5) is 11.4. The Labute approximate surface area is 91.0 Å². The summed E-state index contributed by atoms with van der Waals surface area (Å²) in [5.74, 6) is -0.0156. The third kappa shape index (κ3) is 3.98. The molecule has 0 aliphatic rings. The summed E-state index contributed by atoms with van der Waals surface area (Å²) in [6, 6.07) is 9.90. The van der Waals surface area contributed by atoms with E-state index in [1.165, 1.54) is 0 Å². The SMILES string of the molecule is CCCNC(=O)/C=C(/C)c1ccccc1. The van der Waals surface area contributed by atoms with Gasteiger partial charge in [-0.25, -0.2) is 0 Å². The number of hydrogen-bond acceptors (Lipinski definition) is 1. The van der Waals surface area contributed by atoms with E-state index in [0.29, 0.717) is 0 Å². The highest BCUT2D eigenvalue weighted by atomic mass is 16.1. The average molecular weight is 203 g/mol.